The molecule has 1 heterocycles. The van der Waals surface area contributed by atoms with Gasteiger partial charge in [0, 0.05) is 11.7 Å². The fourth-order valence-corrected chi connectivity index (χ4v) is 5.95. The number of nitrogens with two attached hydrogens (primary N) is 1. The molecule has 1 aliphatic carbocycles. The summed E-state index contributed by atoms with van der Waals surface area (Å²) in [5.41, 5.74) is 2.03. The third kappa shape index (κ3) is 6.62. The van der Waals surface area contributed by atoms with Gasteiger partial charge in [-0.15, -0.1) is 5.10 Å². The lowest BCUT2D eigenvalue weighted by molar-refractivity contribution is -0.127. The number of para-hydroxylation sites is 1. The van der Waals surface area contributed by atoms with E-state index in [9.17, 15) is 18.0 Å². The van der Waals surface area contributed by atoms with Crippen LogP contribution < -0.4 is 24.8 Å². The summed E-state index contributed by atoms with van der Waals surface area (Å²) < 4.78 is 36.4. The number of carbonyl (C=O) groups excluding carboxylic acids is 2. The summed E-state index contributed by atoms with van der Waals surface area (Å²) in [6, 6.07) is 16.6. The zero-order valence-electron chi connectivity index (χ0n) is 24.0. The van der Waals surface area contributed by atoms with Gasteiger partial charge in [-0.1, -0.05) is 42.7 Å². The minimum Gasteiger partial charge on any atom is -0.493 e. The van der Waals surface area contributed by atoms with Gasteiger partial charge in [-0.2, -0.15) is 0 Å². The zero-order chi connectivity index (χ0) is 30.6. The summed E-state index contributed by atoms with van der Waals surface area (Å²) in [5, 5.41) is 16.8. The number of anilines is 1. The van der Waals surface area contributed by atoms with Crippen LogP contribution in [0.2, 0.25) is 0 Å². The van der Waals surface area contributed by atoms with E-state index in [1.165, 1.54) is 48.1 Å². The van der Waals surface area contributed by atoms with Crippen molar-refractivity contribution in [3.63, 3.8) is 0 Å². The van der Waals surface area contributed by atoms with Crippen LogP contribution in [0, 0.1) is 0 Å². The number of rotatable bonds is 10. The summed E-state index contributed by atoms with van der Waals surface area (Å²) >= 11 is 0. The highest BCUT2D eigenvalue weighted by molar-refractivity contribution is 7.89. The van der Waals surface area contributed by atoms with Crippen molar-refractivity contribution in [2.75, 3.05) is 19.1 Å². The number of methoxy groups -OCH3 is 2. The Labute approximate surface area is 249 Å². The van der Waals surface area contributed by atoms with Gasteiger partial charge in [0.15, 0.2) is 11.5 Å². The molecular weight excluding hydrogens is 572 g/mol. The highest BCUT2D eigenvalue weighted by Crippen LogP contribution is 2.35. The van der Waals surface area contributed by atoms with Crippen LogP contribution in [0.3, 0.4) is 0 Å². The predicted octanol–water partition coefficient (Wildman–Crippen LogP) is 3.32. The molecule has 0 saturated heterocycles. The molecule has 0 radical (unpaired) electrons. The van der Waals surface area contributed by atoms with E-state index in [-0.39, 0.29) is 23.4 Å². The first-order chi connectivity index (χ1) is 20.7. The van der Waals surface area contributed by atoms with Gasteiger partial charge in [0.1, 0.15) is 18.1 Å². The second-order valence-corrected chi connectivity index (χ2v) is 12.0. The topological polar surface area (TPSA) is 159 Å². The average molecular weight is 607 g/mol. The van der Waals surface area contributed by atoms with E-state index in [2.05, 4.69) is 15.6 Å². The molecule has 3 N–H and O–H groups in total. The maximum absolute atomic E-state index is 14.3. The number of hydrogen-bond acceptors (Lipinski definition) is 8. The number of hydrogen-bond donors (Lipinski definition) is 2. The van der Waals surface area contributed by atoms with Crippen molar-refractivity contribution in [1.82, 2.24) is 20.3 Å². The molecule has 0 aliphatic heterocycles. The first kappa shape index (κ1) is 30.0. The lowest BCUT2D eigenvalue weighted by Crippen LogP contribution is -2.48. The van der Waals surface area contributed by atoms with Gasteiger partial charge in [-0.3, -0.25) is 14.5 Å². The van der Waals surface area contributed by atoms with Crippen LogP contribution in [0.25, 0.3) is 11.0 Å². The van der Waals surface area contributed by atoms with Crippen molar-refractivity contribution < 1.29 is 27.5 Å². The minimum atomic E-state index is -3.99. The molecule has 13 heteroatoms. The first-order valence-corrected chi connectivity index (χ1v) is 15.5. The Hall–Kier alpha value is -4.49. The van der Waals surface area contributed by atoms with Crippen molar-refractivity contribution >= 4 is 38.6 Å². The zero-order valence-corrected chi connectivity index (χ0v) is 24.8. The van der Waals surface area contributed by atoms with Crippen LogP contribution in [-0.4, -0.2) is 55.5 Å². The first-order valence-electron chi connectivity index (χ1n) is 13.9. The monoisotopic (exact) mass is 606 g/mol. The van der Waals surface area contributed by atoms with E-state index in [1.807, 2.05) is 12.1 Å². The summed E-state index contributed by atoms with van der Waals surface area (Å²) in [5.74, 6) is -0.0131. The average Bonchev–Trinajstić information content (AvgIpc) is 3.42. The Morgan fingerprint density at radius 3 is 2.37 bits per heavy atom. The number of ether oxygens (including phenoxy) is 2. The summed E-state index contributed by atoms with van der Waals surface area (Å²) in [6.07, 6.45) is 4.79. The molecule has 12 nitrogen and oxygen atoms in total. The maximum atomic E-state index is 14.3. The van der Waals surface area contributed by atoms with Gasteiger partial charge in [-0.25, -0.2) is 18.2 Å². The van der Waals surface area contributed by atoms with Crippen molar-refractivity contribution in [3.8, 4) is 11.5 Å². The van der Waals surface area contributed by atoms with Crippen LogP contribution in [-0.2, 0) is 26.2 Å². The molecule has 1 fully saturated rings. The number of primary sulfonamides is 1. The van der Waals surface area contributed by atoms with Gasteiger partial charge in [0.2, 0.25) is 21.8 Å². The molecule has 1 aliphatic rings. The third-order valence-electron chi connectivity index (χ3n) is 7.60. The van der Waals surface area contributed by atoms with E-state index < -0.39 is 22.0 Å². The number of fused-ring (bicyclic) bond motifs is 1. The maximum Gasteiger partial charge on any atom is 0.249 e. The van der Waals surface area contributed by atoms with Gasteiger partial charge in [0.05, 0.1) is 24.6 Å². The molecule has 2 amide bonds. The number of aromatic nitrogens is 3. The lowest BCUT2D eigenvalue weighted by Gasteiger charge is -2.33. The van der Waals surface area contributed by atoms with Crippen LogP contribution in [0.4, 0.5) is 5.69 Å². The largest absolute Gasteiger partial charge is 0.493 e. The molecule has 0 bridgehead atoms. The summed E-state index contributed by atoms with van der Waals surface area (Å²) in [6.45, 7) is -0.238. The fourth-order valence-electron chi connectivity index (χ4n) is 5.44. The van der Waals surface area contributed by atoms with Gasteiger partial charge < -0.3 is 14.8 Å². The standard InChI is InChI=1S/C30H34N6O6S/c1-41-26-17-12-20(18-27(26)42-2)29(30(38)32-21-8-4-3-5-9-21)36(22-13-15-23(16-14-22)43(31,39)40)28(37)19-35-25-11-7-6-10-24(25)33-34-35/h6-7,10-18,21,29H,3-5,8-9,19H2,1-2H3,(H,32,38)(H2,31,39,40)/t29-/m0/s1. The van der Waals surface area contributed by atoms with Crippen LogP contribution in [0.1, 0.15) is 43.7 Å². The Bertz CT molecular complexity index is 1720. The van der Waals surface area contributed by atoms with E-state index in [1.54, 1.807) is 30.3 Å². The minimum absolute atomic E-state index is 0.0372. The van der Waals surface area contributed by atoms with E-state index in [0.717, 1.165) is 32.1 Å². The van der Waals surface area contributed by atoms with Crippen molar-refractivity contribution in [2.24, 2.45) is 5.14 Å². The fraction of sp³-hybridized carbons (Fsp3) is 0.333. The highest BCUT2D eigenvalue weighted by atomic mass is 32.2. The predicted molar refractivity (Wildman–Crippen MR) is 160 cm³/mol. The van der Waals surface area contributed by atoms with E-state index >= 15 is 0 Å². The number of sulfonamides is 1. The molecule has 226 valence electrons. The molecule has 0 unspecified atom stereocenters. The molecule has 4 aromatic rings. The smallest absolute Gasteiger partial charge is 0.249 e. The van der Waals surface area contributed by atoms with Crippen molar-refractivity contribution in [3.05, 3.63) is 72.3 Å². The summed E-state index contributed by atoms with van der Waals surface area (Å²) in [4.78, 5) is 29.7. The SMILES string of the molecule is COc1ccc([C@@H](C(=O)NC2CCCCC2)N(C(=O)Cn2nnc3ccccc32)c2ccc(S(N)(=O)=O)cc2)cc1OC. The molecule has 0 spiro atoms. The molecule has 3 aromatic carbocycles. The second-order valence-electron chi connectivity index (χ2n) is 10.4. The van der Waals surface area contributed by atoms with Gasteiger partial charge in [0.25, 0.3) is 0 Å². The van der Waals surface area contributed by atoms with Crippen molar-refractivity contribution in [1.29, 1.82) is 0 Å². The number of nitrogens with zero attached hydrogens (tertiary/aromatic N) is 4. The Morgan fingerprint density at radius 2 is 1.70 bits per heavy atom. The molecule has 5 rings (SSSR count). The normalized spacial score (nSPS) is 14.7. The van der Waals surface area contributed by atoms with Gasteiger partial charge >= 0.3 is 0 Å². The number of amides is 2. The molecule has 1 saturated carbocycles. The number of nitrogens with one attached hydrogen (secondary N) is 1. The number of carbonyl (C=O) groups is 2. The molecule has 1 aromatic heterocycles. The van der Waals surface area contributed by atoms with Crippen LogP contribution in [0.15, 0.2) is 71.6 Å². The van der Waals surface area contributed by atoms with E-state index in [4.69, 9.17) is 14.6 Å². The Kier molecular flexibility index (Phi) is 8.92. The molecule has 1 atom stereocenters. The van der Waals surface area contributed by atoms with Crippen molar-refractivity contribution in [2.45, 2.75) is 55.6 Å². The second kappa shape index (κ2) is 12.8. The van der Waals surface area contributed by atoms with Crippen LogP contribution >= 0.6 is 0 Å². The highest BCUT2D eigenvalue weighted by Gasteiger charge is 2.35. The van der Waals surface area contributed by atoms with E-state index in [0.29, 0.717) is 33.8 Å². The van der Waals surface area contributed by atoms with Gasteiger partial charge in [-0.05, 0) is 66.9 Å². The lowest BCUT2D eigenvalue weighted by atomic mass is 9.94. The summed E-state index contributed by atoms with van der Waals surface area (Å²) in [7, 11) is -0.991. The Morgan fingerprint density at radius 1 is 1.00 bits per heavy atom. The quantitative estimate of drug-likeness (QED) is 0.278. The molecular formula is C30H34N6O6S. The Balaban J connectivity index is 1.62. The molecule has 43 heavy (non-hydrogen) atoms. The van der Waals surface area contributed by atoms with Crippen LogP contribution in [0.5, 0.6) is 11.5 Å². The number of benzene rings is 3. The third-order valence-corrected chi connectivity index (χ3v) is 8.53.